The minimum atomic E-state index is -0.549. The number of hydrogen-bond donors (Lipinski definition) is 2. The van der Waals surface area contributed by atoms with E-state index in [-0.39, 0.29) is 17.3 Å². The number of amides is 1. The number of hydrogen-bond acceptors (Lipinski definition) is 8. The molecule has 4 rings (SSSR count). The Morgan fingerprint density at radius 1 is 1.00 bits per heavy atom. The maximum absolute atomic E-state index is 12.3. The number of anilines is 3. The highest BCUT2D eigenvalue weighted by molar-refractivity contribution is 6.30. The standard InChI is InChI=1S/C21H20ClN7O3/c22-16-6-4-5-15(13-16)21(30)26-25-19-18(29(31)32)20(24-14-23-19)28-11-9-27(10-12-28)17-7-2-1-3-8-17/h1-8,13-14H,9-12H2,(H,26,30)(H,23,24,25). The van der Waals surface area contributed by atoms with E-state index < -0.39 is 10.8 Å². The topological polar surface area (TPSA) is 117 Å². The van der Waals surface area contributed by atoms with Gasteiger partial charge in [-0.2, -0.15) is 0 Å². The lowest BCUT2D eigenvalue weighted by Gasteiger charge is -2.36. The van der Waals surface area contributed by atoms with Crippen LogP contribution in [0, 0.1) is 10.1 Å². The Balaban J connectivity index is 1.49. The van der Waals surface area contributed by atoms with Crippen molar-refractivity contribution in [3.8, 4) is 0 Å². The van der Waals surface area contributed by atoms with Gasteiger partial charge in [0.25, 0.3) is 5.91 Å². The van der Waals surface area contributed by atoms with Gasteiger partial charge in [0.15, 0.2) is 0 Å². The molecule has 0 aliphatic carbocycles. The number of halogens is 1. The van der Waals surface area contributed by atoms with Crippen LogP contribution in [0.4, 0.5) is 23.0 Å². The maximum atomic E-state index is 12.3. The lowest BCUT2D eigenvalue weighted by atomic mass is 10.2. The molecule has 1 amide bonds. The Labute approximate surface area is 189 Å². The van der Waals surface area contributed by atoms with Crippen LogP contribution in [0.5, 0.6) is 0 Å². The molecule has 0 saturated carbocycles. The quantitative estimate of drug-likeness (QED) is 0.432. The van der Waals surface area contributed by atoms with E-state index in [1.54, 1.807) is 18.2 Å². The van der Waals surface area contributed by atoms with Gasteiger partial charge in [0.05, 0.1) is 4.92 Å². The van der Waals surface area contributed by atoms with Gasteiger partial charge in [-0.25, -0.2) is 9.97 Å². The van der Waals surface area contributed by atoms with E-state index in [4.69, 9.17) is 11.6 Å². The Bertz CT molecular complexity index is 1120. The highest BCUT2D eigenvalue weighted by Gasteiger charge is 2.29. The third-order valence-electron chi connectivity index (χ3n) is 5.07. The molecule has 1 aliphatic heterocycles. The van der Waals surface area contributed by atoms with E-state index >= 15 is 0 Å². The molecule has 0 spiro atoms. The van der Waals surface area contributed by atoms with E-state index in [0.29, 0.717) is 36.8 Å². The van der Waals surface area contributed by atoms with Crippen molar-refractivity contribution in [1.29, 1.82) is 0 Å². The van der Waals surface area contributed by atoms with Gasteiger partial charge in [-0.1, -0.05) is 35.9 Å². The minimum Gasteiger partial charge on any atom is -0.368 e. The first-order valence-corrected chi connectivity index (χ1v) is 10.3. The molecule has 0 bridgehead atoms. The molecule has 2 aromatic carbocycles. The summed E-state index contributed by atoms with van der Waals surface area (Å²) in [6.45, 7) is 2.50. The predicted molar refractivity (Wildman–Crippen MR) is 122 cm³/mol. The number of carbonyl (C=O) groups excluding carboxylic acids is 1. The fourth-order valence-corrected chi connectivity index (χ4v) is 3.68. The van der Waals surface area contributed by atoms with Gasteiger partial charge < -0.3 is 9.80 Å². The molecule has 164 valence electrons. The molecule has 2 heterocycles. The van der Waals surface area contributed by atoms with Gasteiger partial charge in [-0.3, -0.25) is 25.8 Å². The summed E-state index contributed by atoms with van der Waals surface area (Å²) in [5, 5.41) is 12.3. The molecule has 0 atom stereocenters. The highest BCUT2D eigenvalue weighted by atomic mass is 35.5. The van der Waals surface area contributed by atoms with Crippen molar-refractivity contribution in [2.75, 3.05) is 41.4 Å². The molecular weight excluding hydrogens is 434 g/mol. The number of para-hydroxylation sites is 1. The van der Waals surface area contributed by atoms with Gasteiger partial charge in [0.1, 0.15) is 6.33 Å². The van der Waals surface area contributed by atoms with Crippen LogP contribution in [0.3, 0.4) is 0 Å². The summed E-state index contributed by atoms with van der Waals surface area (Å²) in [5.74, 6) is -0.392. The van der Waals surface area contributed by atoms with Crippen molar-refractivity contribution < 1.29 is 9.72 Å². The molecule has 32 heavy (non-hydrogen) atoms. The average Bonchev–Trinajstić information content (AvgIpc) is 2.83. The molecule has 10 nitrogen and oxygen atoms in total. The largest absolute Gasteiger partial charge is 0.368 e. The monoisotopic (exact) mass is 453 g/mol. The van der Waals surface area contributed by atoms with E-state index in [1.165, 1.54) is 12.4 Å². The summed E-state index contributed by atoms with van der Waals surface area (Å²) in [7, 11) is 0. The molecule has 0 radical (unpaired) electrons. The molecular formula is C21H20ClN7O3. The second kappa shape index (κ2) is 9.48. The van der Waals surface area contributed by atoms with Crippen LogP contribution in [0.25, 0.3) is 0 Å². The second-order valence-electron chi connectivity index (χ2n) is 7.05. The molecule has 0 unspecified atom stereocenters. The van der Waals surface area contributed by atoms with E-state index in [0.717, 1.165) is 5.69 Å². The van der Waals surface area contributed by atoms with Gasteiger partial charge in [0.2, 0.25) is 11.6 Å². The Morgan fingerprint density at radius 3 is 2.41 bits per heavy atom. The van der Waals surface area contributed by atoms with Gasteiger partial charge in [0, 0.05) is 42.5 Å². The number of piperazine rings is 1. The first kappa shape index (κ1) is 21.3. The SMILES string of the molecule is O=C(NNc1ncnc(N2CCN(c3ccccc3)CC2)c1[N+](=O)[O-])c1cccc(Cl)c1. The van der Waals surface area contributed by atoms with Crippen LogP contribution in [-0.2, 0) is 0 Å². The third-order valence-corrected chi connectivity index (χ3v) is 5.30. The number of hydrazine groups is 1. The molecule has 1 fully saturated rings. The number of nitrogens with zero attached hydrogens (tertiary/aromatic N) is 5. The lowest BCUT2D eigenvalue weighted by Crippen LogP contribution is -2.47. The highest BCUT2D eigenvalue weighted by Crippen LogP contribution is 2.32. The van der Waals surface area contributed by atoms with Gasteiger partial charge in [-0.15, -0.1) is 0 Å². The molecule has 3 aromatic rings. The van der Waals surface area contributed by atoms with Crippen molar-refractivity contribution >= 4 is 40.5 Å². The van der Waals surface area contributed by atoms with Crippen LogP contribution >= 0.6 is 11.6 Å². The number of nitro groups is 1. The molecule has 1 saturated heterocycles. The van der Waals surface area contributed by atoms with Crippen LogP contribution in [-0.4, -0.2) is 47.0 Å². The van der Waals surface area contributed by atoms with Crippen molar-refractivity contribution in [2.45, 2.75) is 0 Å². The zero-order valence-corrected chi connectivity index (χ0v) is 17.7. The first-order chi connectivity index (χ1) is 15.5. The molecule has 1 aliphatic rings. The third kappa shape index (κ3) is 4.70. The summed E-state index contributed by atoms with van der Waals surface area (Å²) >= 11 is 5.91. The Kier molecular flexibility index (Phi) is 6.31. The molecule has 11 heteroatoms. The smallest absolute Gasteiger partial charge is 0.355 e. The number of aromatic nitrogens is 2. The minimum absolute atomic E-state index is 0.0964. The summed E-state index contributed by atoms with van der Waals surface area (Å²) < 4.78 is 0. The number of nitrogens with one attached hydrogen (secondary N) is 2. The van der Waals surface area contributed by atoms with Crippen molar-refractivity contribution in [3.63, 3.8) is 0 Å². The van der Waals surface area contributed by atoms with Crippen molar-refractivity contribution in [1.82, 2.24) is 15.4 Å². The molecule has 2 N–H and O–H groups in total. The van der Waals surface area contributed by atoms with Crippen LogP contribution in [0.1, 0.15) is 10.4 Å². The fraction of sp³-hybridized carbons (Fsp3) is 0.190. The van der Waals surface area contributed by atoms with Crippen LogP contribution < -0.4 is 20.7 Å². The van der Waals surface area contributed by atoms with Crippen molar-refractivity contribution in [3.05, 3.63) is 81.6 Å². The maximum Gasteiger partial charge on any atom is 0.355 e. The number of benzene rings is 2. The van der Waals surface area contributed by atoms with Gasteiger partial charge in [-0.05, 0) is 30.3 Å². The normalized spacial score (nSPS) is 13.5. The Morgan fingerprint density at radius 2 is 1.72 bits per heavy atom. The second-order valence-corrected chi connectivity index (χ2v) is 7.49. The average molecular weight is 454 g/mol. The summed E-state index contributed by atoms with van der Waals surface area (Å²) in [4.78, 5) is 35.8. The first-order valence-electron chi connectivity index (χ1n) is 9.89. The van der Waals surface area contributed by atoms with E-state index in [9.17, 15) is 14.9 Å². The summed E-state index contributed by atoms with van der Waals surface area (Å²) in [5.41, 5.74) is 6.09. The van der Waals surface area contributed by atoms with Crippen LogP contribution in [0.2, 0.25) is 5.02 Å². The summed E-state index contributed by atoms with van der Waals surface area (Å²) in [6, 6.07) is 16.3. The van der Waals surface area contributed by atoms with E-state index in [1.807, 2.05) is 35.2 Å². The fourth-order valence-electron chi connectivity index (χ4n) is 3.49. The predicted octanol–water partition coefficient (Wildman–Crippen LogP) is 3.12. The number of carbonyl (C=O) groups is 1. The summed E-state index contributed by atoms with van der Waals surface area (Å²) in [6.07, 6.45) is 1.24. The zero-order chi connectivity index (χ0) is 22.5. The van der Waals surface area contributed by atoms with Crippen LogP contribution in [0.15, 0.2) is 60.9 Å². The Hall–Kier alpha value is -3.92. The molecule has 1 aromatic heterocycles. The van der Waals surface area contributed by atoms with E-state index in [2.05, 4.69) is 25.7 Å². The van der Waals surface area contributed by atoms with Gasteiger partial charge >= 0.3 is 5.69 Å². The number of rotatable bonds is 6. The lowest BCUT2D eigenvalue weighted by molar-refractivity contribution is -0.383. The van der Waals surface area contributed by atoms with Crippen molar-refractivity contribution in [2.24, 2.45) is 0 Å². The zero-order valence-electron chi connectivity index (χ0n) is 16.9.